The molecule has 16 heavy (non-hydrogen) atoms. The summed E-state index contributed by atoms with van der Waals surface area (Å²) in [5, 5.41) is 9.20. The molecule has 0 spiro atoms. The van der Waals surface area contributed by atoms with E-state index in [9.17, 15) is 21.9 Å². The monoisotopic (exact) mass is 268 g/mol. The largest absolute Gasteiger partial charge is 0.508 e. The van der Waals surface area contributed by atoms with Gasteiger partial charge in [-0.1, -0.05) is 0 Å². The minimum absolute atomic E-state index is 0.363. The number of hydrogen-bond donors (Lipinski definition) is 3. The summed E-state index contributed by atoms with van der Waals surface area (Å²) in [5.74, 6) is -0.514. The molecule has 9 heteroatoms. The highest BCUT2D eigenvalue weighted by Gasteiger charge is 2.27. The van der Waals surface area contributed by atoms with Gasteiger partial charge in [-0.15, -0.1) is 0 Å². The Morgan fingerprint density at radius 2 is 1.50 bits per heavy atom. The van der Waals surface area contributed by atoms with E-state index >= 15 is 0 Å². The van der Waals surface area contributed by atoms with Gasteiger partial charge in [0.1, 0.15) is 15.5 Å². The van der Waals surface area contributed by atoms with Gasteiger partial charge in [0.25, 0.3) is 20.2 Å². The third-order valence-electron chi connectivity index (χ3n) is 1.88. The van der Waals surface area contributed by atoms with Crippen molar-refractivity contribution in [2.75, 3.05) is 0 Å². The molecule has 1 aromatic carbocycles. The van der Waals surface area contributed by atoms with Crippen LogP contribution in [0.25, 0.3) is 0 Å². The van der Waals surface area contributed by atoms with Crippen LogP contribution in [0.3, 0.4) is 0 Å². The molecule has 0 radical (unpaired) electrons. The molecule has 0 aliphatic carbocycles. The SMILES string of the molecule is Cc1c(O)ccc(S(=O)(=O)O)c1S(=O)(=O)O. The lowest BCUT2D eigenvalue weighted by atomic mass is 10.2. The van der Waals surface area contributed by atoms with E-state index < -0.39 is 35.8 Å². The summed E-state index contributed by atoms with van der Waals surface area (Å²) in [6.45, 7) is 1.09. The van der Waals surface area contributed by atoms with E-state index in [-0.39, 0.29) is 5.56 Å². The summed E-state index contributed by atoms with van der Waals surface area (Å²) in [4.78, 5) is -2.01. The van der Waals surface area contributed by atoms with E-state index in [0.717, 1.165) is 13.0 Å². The topological polar surface area (TPSA) is 129 Å². The fourth-order valence-corrected chi connectivity index (χ4v) is 3.25. The van der Waals surface area contributed by atoms with E-state index in [1.165, 1.54) is 0 Å². The van der Waals surface area contributed by atoms with Crippen LogP contribution in [0.2, 0.25) is 0 Å². The quantitative estimate of drug-likeness (QED) is 0.653. The van der Waals surface area contributed by atoms with E-state index in [1.54, 1.807) is 0 Å². The van der Waals surface area contributed by atoms with Crippen LogP contribution in [0.1, 0.15) is 5.56 Å². The molecule has 0 heterocycles. The number of benzene rings is 1. The standard InChI is InChI=1S/C7H8O7S2/c1-4-5(8)2-3-6(15(9,10)11)7(4)16(12,13)14/h2-3,8H,1H3,(H,9,10,11)(H,12,13,14). The number of rotatable bonds is 2. The molecule has 1 rings (SSSR count). The number of hydrogen-bond acceptors (Lipinski definition) is 5. The van der Waals surface area contributed by atoms with Crippen molar-refractivity contribution in [1.82, 2.24) is 0 Å². The maximum Gasteiger partial charge on any atom is 0.296 e. The van der Waals surface area contributed by atoms with Gasteiger partial charge in [-0.2, -0.15) is 16.8 Å². The molecule has 0 saturated carbocycles. The lowest BCUT2D eigenvalue weighted by molar-refractivity contribution is 0.452. The number of aromatic hydroxyl groups is 1. The van der Waals surface area contributed by atoms with E-state index in [2.05, 4.69) is 0 Å². The van der Waals surface area contributed by atoms with Crippen molar-refractivity contribution in [2.45, 2.75) is 16.7 Å². The van der Waals surface area contributed by atoms with Crippen molar-refractivity contribution in [3.8, 4) is 5.75 Å². The van der Waals surface area contributed by atoms with Crippen molar-refractivity contribution in [3.05, 3.63) is 17.7 Å². The summed E-state index contributed by atoms with van der Waals surface area (Å²) in [6.07, 6.45) is 0. The maximum absolute atomic E-state index is 10.9. The highest BCUT2D eigenvalue weighted by Crippen LogP contribution is 2.30. The van der Waals surface area contributed by atoms with Crippen LogP contribution in [-0.2, 0) is 20.2 Å². The summed E-state index contributed by atoms with van der Waals surface area (Å²) in [7, 11) is -9.68. The number of phenols is 1. The summed E-state index contributed by atoms with van der Waals surface area (Å²) >= 11 is 0. The zero-order chi connectivity index (χ0) is 12.7. The second kappa shape index (κ2) is 3.70. The minimum atomic E-state index is -4.87. The zero-order valence-electron chi connectivity index (χ0n) is 7.95. The first-order chi connectivity index (χ1) is 7.05. The van der Waals surface area contributed by atoms with Crippen LogP contribution in [0.15, 0.2) is 21.9 Å². The Hall–Kier alpha value is -1.16. The Balaban J connectivity index is 3.88. The Morgan fingerprint density at radius 3 is 1.88 bits per heavy atom. The molecule has 0 saturated heterocycles. The lowest BCUT2D eigenvalue weighted by Crippen LogP contribution is -2.10. The lowest BCUT2D eigenvalue weighted by Gasteiger charge is -2.08. The van der Waals surface area contributed by atoms with Gasteiger partial charge in [0.15, 0.2) is 0 Å². The molecular formula is C7H8O7S2. The Kier molecular flexibility index (Phi) is 2.98. The first kappa shape index (κ1) is 12.9. The molecule has 1 aromatic rings. The Bertz CT molecular complexity index is 627. The van der Waals surface area contributed by atoms with Crippen LogP contribution < -0.4 is 0 Å². The van der Waals surface area contributed by atoms with Gasteiger partial charge in [0, 0.05) is 5.56 Å². The highest BCUT2D eigenvalue weighted by molar-refractivity contribution is 7.89. The molecule has 0 bridgehead atoms. The minimum Gasteiger partial charge on any atom is -0.508 e. The van der Waals surface area contributed by atoms with E-state index in [0.29, 0.717) is 6.07 Å². The molecule has 3 N–H and O–H groups in total. The fraction of sp³-hybridized carbons (Fsp3) is 0.143. The zero-order valence-corrected chi connectivity index (χ0v) is 9.58. The third-order valence-corrected chi connectivity index (χ3v) is 3.94. The molecule has 0 atom stereocenters. The molecule has 0 aliphatic heterocycles. The first-order valence-electron chi connectivity index (χ1n) is 3.82. The maximum atomic E-state index is 10.9. The highest BCUT2D eigenvalue weighted by atomic mass is 32.2. The predicted molar refractivity (Wildman–Crippen MR) is 52.5 cm³/mol. The van der Waals surface area contributed by atoms with Crippen LogP contribution in [-0.4, -0.2) is 31.0 Å². The number of phenolic OH excluding ortho intramolecular Hbond substituents is 1. The van der Waals surface area contributed by atoms with Crippen molar-refractivity contribution < 1.29 is 31.0 Å². The molecule has 0 amide bonds. The second-order valence-corrected chi connectivity index (χ2v) is 5.74. The molecule has 0 unspecified atom stereocenters. The normalized spacial score (nSPS) is 12.7. The molecule has 0 fully saturated rings. The van der Waals surface area contributed by atoms with Gasteiger partial charge in [-0.3, -0.25) is 9.11 Å². The van der Waals surface area contributed by atoms with Crippen LogP contribution >= 0.6 is 0 Å². The summed E-state index contributed by atoms with van der Waals surface area (Å²) < 4.78 is 61.2. The fourth-order valence-electron chi connectivity index (χ4n) is 1.18. The van der Waals surface area contributed by atoms with E-state index in [4.69, 9.17) is 9.11 Å². The third kappa shape index (κ3) is 2.32. The van der Waals surface area contributed by atoms with Gasteiger partial charge >= 0.3 is 0 Å². The van der Waals surface area contributed by atoms with E-state index in [1.807, 2.05) is 0 Å². The first-order valence-corrected chi connectivity index (χ1v) is 6.70. The second-order valence-electron chi connectivity index (χ2n) is 2.99. The molecule has 90 valence electrons. The van der Waals surface area contributed by atoms with Gasteiger partial charge in [-0.05, 0) is 19.1 Å². The van der Waals surface area contributed by atoms with Crippen molar-refractivity contribution in [3.63, 3.8) is 0 Å². The van der Waals surface area contributed by atoms with Gasteiger partial charge in [-0.25, -0.2) is 0 Å². The van der Waals surface area contributed by atoms with Crippen LogP contribution in [0.4, 0.5) is 0 Å². The van der Waals surface area contributed by atoms with Gasteiger partial charge in [0.2, 0.25) is 0 Å². The van der Waals surface area contributed by atoms with Gasteiger partial charge in [0.05, 0.1) is 0 Å². The predicted octanol–water partition coefficient (Wildman–Crippen LogP) is 0.194. The average molecular weight is 268 g/mol. The van der Waals surface area contributed by atoms with Crippen LogP contribution in [0, 0.1) is 6.92 Å². The Morgan fingerprint density at radius 1 is 1.00 bits per heavy atom. The molecule has 7 nitrogen and oxygen atoms in total. The van der Waals surface area contributed by atoms with Crippen molar-refractivity contribution in [2.24, 2.45) is 0 Å². The van der Waals surface area contributed by atoms with Crippen molar-refractivity contribution >= 4 is 20.2 Å². The molecular weight excluding hydrogens is 260 g/mol. The van der Waals surface area contributed by atoms with Crippen LogP contribution in [0.5, 0.6) is 5.75 Å². The molecule has 0 aromatic heterocycles. The Labute approximate surface area is 91.8 Å². The molecule has 0 aliphatic rings. The summed E-state index contributed by atoms with van der Waals surface area (Å²) in [5.41, 5.74) is -0.363. The van der Waals surface area contributed by atoms with Crippen molar-refractivity contribution in [1.29, 1.82) is 0 Å². The average Bonchev–Trinajstić information content (AvgIpc) is 2.05. The van der Waals surface area contributed by atoms with Gasteiger partial charge < -0.3 is 5.11 Å². The summed E-state index contributed by atoms with van der Waals surface area (Å²) in [6, 6.07) is 1.58. The smallest absolute Gasteiger partial charge is 0.296 e.